The second kappa shape index (κ2) is 6.18. The van der Waals surface area contributed by atoms with Gasteiger partial charge >= 0.3 is 5.97 Å². The van der Waals surface area contributed by atoms with Gasteiger partial charge in [-0.25, -0.2) is 4.68 Å². The summed E-state index contributed by atoms with van der Waals surface area (Å²) < 4.78 is 6.62. The van der Waals surface area contributed by atoms with E-state index in [0.717, 1.165) is 0 Å². The Bertz CT molecular complexity index is 426. The number of carbonyl (C=O) groups is 2. The molecule has 18 heavy (non-hydrogen) atoms. The van der Waals surface area contributed by atoms with Crippen molar-refractivity contribution in [3.05, 3.63) is 12.3 Å². The maximum atomic E-state index is 11.8. The maximum Gasteiger partial charge on any atom is 0.306 e. The number of hydrogen-bond acceptors (Lipinski definition) is 4. The molecule has 0 aliphatic heterocycles. The molecule has 0 aliphatic rings. The zero-order valence-electron chi connectivity index (χ0n) is 11.1. The Morgan fingerprint density at radius 2 is 2.11 bits per heavy atom. The first-order valence-corrected chi connectivity index (χ1v) is 5.99. The van der Waals surface area contributed by atoms with E-state index in [-0.39, 0.29) is 18.4 Å². The van der Waals surface area contributed by atoms with Gasteiger partial charge in [0, 0.05) is 18.5 Å². The van der Waals surface area contributed by atoms with Crippen LogP contribution < -0.4 is 5.32 Å². The molecule has 100 valence electrons. The van der Waals surface area contributed by atoms with Gasteiger partial charge in [0.1, 0.15) is 5.82 Å². The van der Waals surface area contributed by atoms with Gasteiger partial charge in [-0.15, -0.1) is 0 Å². The average Bonchev–Trinajstić information content (AvgIpc) is 2.76. The van der Waals surface area contributed by atoms with Crippen molar-refractivity contribution in [2.24, 2.45) is 0 Å². The molecule has 0 bridgehead atoms. The summed E-state index contributed by atoms with van der Waals surface area (Å²) in [5, 5.41) is 6.78. The SMILES string of the molecule is CCC(=O)OC(C)C(=O)Nc1ccnn1C(C)C. The summed E-state index contributed by atoms with van der Waals surface area (Å²) in [6, 6.07) is 1.84. The summed E-state index contributed by atoms with van der Waals surface area (Å²) in [6.07, 6.45) is 1.05. The number of hydrogen-bond donors (Lipinski definition) is 1. The molecule has 0 spiro atoms. The third kappa shape index (κ3) is 3.58. The first kappa shape index (κ1) is 14.2. The molecule has 0 saturated carbocycles. The summed E-state index contributed by atoms with van der Waals surface area (Å²) >= 11 is 0. The number of carbonyl (C=O) groups excluding carboxylic acids is 2. The molecule has 1 unspecified atom stereocenters. The molecular weight excluding hydrogens is 234 g/mol. The lowest BCUT2D eigenvalue weighted by Crippen LogP contribution is -2.30. The normalized spacial score (nSPS) is 12.3. The van der Waals surface area contributed by atoms with E-state index in [9.17, 15) is 9.59 Å². The van der Waals surface area contributed by atoms with Crippen LogP contribution in [-0.4, -0.2) is 27.8 Å². The number of nitrogens with zero attached hydrogens (tertiary/aromatic N) is 2. The second-order valence-electron chi connectivity index (χ2n) is 4.23. The smallest absolute Gasteiger partial charge is 0.306 e. The van der Waals surface area contributed by atoms with Crippen LogP contribution in [0.5, 0.6) is 0 Å². The Balaban J connectivity index is 2.64. The lowest BCUT2D eigenvalue weighted by molar-refractivity contribution is -0.152. The minimum atomic E-state index is -0.812. The van der Waals surface area contributed by atoms with Crippen LogP contribution >= 0.6 is 0 Å². The lowest BCUT2D eigenvalue weighted by Gasteiger charge is -2.15. The van der Waals surface area contributed by atoms with Crippen molar-refractivity contribution >= 4 is 17.7 Å². The van der Waals surface area contributed by atoms with Gasteiger partial charge in [-0.3, -0.25) is 9.59 Å². The van der Waals surface area contributed by atoms with Crippen LogP contribution in [0, 0.1) is 0 Å². The van der Waals surface area contributed by atoms with Gasteiger partial charge in [0.25, 0.3) is 5.91 Å². The Morgan fingerprint density at radius 3 is 2.67 bits per heavy atom. The van der Waals surface area contributed by atoms with Gasteiger partial charge in [-0.1, -0.05) is 6.92 Å². The van der Waals surface area contributed by atoms with Crippen molar-refractivity contribution in [2.75, 3.05) is 5.32 Å². The standard InChI is InChI=1S/C12H19N3O3/c1-5-11(16)18-9(4)12(17)14-10-6-7-13-15(10)8(2)3/h6-9H,5H2,1-4H3,(H,14,17). The molecule has 1 N–H and O–H groups in total. The second-order valence-corrected chi connectivity index (χ2v) is 4.23. The quantitative estimate of drug-likeness (QED) is 0.811. The molecule has 0 radical (unpaired) electrons. The fourth-order valence-corrected chi connectivity index (χ4v) is 1.39. The number of rotatable bonds is 5. The number of aromatic nitrogens is 2. The van der Waals surface area contributed by atoms with E-state index in [1.54, 1.807) is 30.8 Å². The van der Waals surface area contributed by atoms with Gasteiger partial charge in [-0.2, -0.15) is 5.10 Å². The van der Waals surface area contributed by atoms with Crippen LogP contribution in [-0.2, 0) is 14.3 Å². The van der Waals surface area contributed by atoms with Crippen LogP contribution in [0.3, 0.4) is 0 Å². The van der Waals surface area contributed by atoms with E-state index >= 15 is 0 Å². The number of anilines is 1. The molecular formula is C12H19N3O3. The highest BCUT2D eigenvalue weighted by atomic mass is 16.5. The molecule has 0 saturated heterocycles. The summed E-state index contributed by atoms with van der Waals surface area (Å²) in [5.41, 5.74) is 0. The highest BCUT2D eigenvalue weighted by Crippen LogP contribution is 2.13. The molecule has 6 heteroatoms. The summed E-state index contributed by atoms with van der Waals surface area (Å²) in [7, 11) is 0. The molecule has 0 aliphatic carbocycles. The highest BCUT2D eigenvalue weighted by molar-refractivity contribution is 5.94. The molecule has 1 aromatic rings. The minimum absolute atomic E-state index is 0.142. The van der Waals surface area contributed by atoms with Crippen LogP contribution in [0.15, 0.2) is 12.3 Å². The van der Waals surface area contributed by atoms with E-state index < -0.39 is 12.1 Å². The topological polar surface area (TPSA) is 73.2 Å². The molecule has 0 aromatic carbocycles. The maximum absolute atomic E-state index is 11.8. The molecule has 1 atom stereocenters. The van der Waals surface area contributed by atoms with E-state index in [4.69, 9.17) is 4.74 Å². The van der Waals surface area contributed by atoms with E-state index in [0.29, 0.717) is 5.82 Å². The first-order chi connectivity index (χ1) is 8.45. The van der Waals surface area contributed by atoms with Crippen LogP contribution in [0.1, 0.15) is 40.2 Å². The molecule has 1 aromatic heterocycles. The highest BCUT2D eigenvalue weighted by Gasteiger charge is 2.18. The van der Waals surface area contributed by atoms with Crippen molar-refractivity contribution in [3.63, 3.8) is 0 Å². The van der Waals surface area contributed by atoms with Crippen molar-refractivity contribution in [2.45, 2.75) is 46.3 Å². The van der Waals surface area contributed by atoms with Gasteiger partial charge in [0.2, 0.25) is 0 Å². The van der Waals surface area contributed by atoms with Gasteiger partial charge in [0.05, 0.1) is 6.20 Å². The van der Waals surface area contributed by atoms with Crippen molar-refractivity contribution in [1.29, 1.82) is 0 Å². The summed E-state index contributed by atoms with van der Waals surface area (Å²) in [6.45, 7) is 7.14. The average molecular weight is 253 g/mol. The van der Waals surface area contributed by atoms with E-state index in [1.807, 2.05) is 13.8 Å². The number of ether oxygens (including phenoxy) is 1. The molecule has 1 heterocycles. The number of amides is 1. The zero-order chi connectivity index (χ0) is 13.7. The summed E-state index contributed by atoms with van der Waals surface area (Å²) in [5.74, 6) is -0.163. The largest absolute Gasteiger partial charge is 0.453 e. The number of nitrogens with one attached hydrogen (secondary N) is 1. The third-order valence-corrected chi connectivity index (χ3v) is 2.38. The lowest BCUT2D eigenvalue weighted by atomic mass is 10.3. The predicted octanol–water partition coefficient (Wildman–Crippen LogP) is 1.74. The van der Waals surface area contributed by atoms with E-state index in [2.05, 4.69) is 10.4 Å². The Hall–Kier alpha value is -1.85. The van der Waals surface area contributed by atoms with Crippen molar-refractivity contribution < 1.29 is 14.3 Å². The Kier molecular flexibility index (Phi) is 4.88. The first-order valence-electron chi connectivity index (χ1n) is 5.99. The Morgan fingerprint density at radius 1 is 1.44 bits per heavy atom. The summed E-state index contributed by atoms with van der Waals surface area (Å²) in [4.78, 5) is 22.9. The van der Waals surface area contributed by atoms with Crippen molar-refractivity contribution in [1.82, 2.24) is 9.78 Å². The fraction of sp³-hybridized carbons (Fsp3) is 0.583. The Labute approximate surface area is 106 Å². The third-order valence-electron chi connectivity index (χ3n) is 2.38. The fourth-order valence-electron chi connectivity index (χ4n) is 1.39. The number of esters is 1. The van der Waals surface area contributed by atoms with E-state index in [1.165, 1.54) is 0 Å². The zero-order valence-corrected chi connectivity index (χ0v) is 11.1. The van der Waals surface area contributed by atoms with Crippen LogP contribution in [0.2, 0.25) is 0 Å². The predicted molar refractivity (Wildman–Crippen MR) is 67.1 cm³/mol. The van der Waals surface area contributed by atoms with Crippen LogP contribution in [0.25, 0.3) is 0 Å². The van der Waals surface area contributed by atoms with Crippen LogP contribution in [0.4, 0.5) is 5.82 Å². The monoisotopic (exact) mass is 253 g/mol. The molecule has 1 rings (SSSR count). The minimum Gasteiger partial charge on any atom is -0.453 e. The van der Waals surface area contributed by atoms with Crippen molar-refractivity contribution in [3.8, 4) is 0 Å². The molecule has 6 nitrogen and oxygen atoms in total. The van der Waals surface area contributed by atoms with Gasteiger partial charge in [-0.05, 0) is 20.8 Å². The molecule has 1 amide bonds. The van der Waals surface area contributed by atoms with Gasteiger partial charge < -0.3 is 10.1 Å². The van der Waals surface area contributed by atoms with Gasteiger partial charge in [0.15, 0.2) is 6.10 Å². The molecule has 0 fully saturated rings.